The smallest absolute Gasteiger partial charge is 0.0564 e. The van der Waals surface area contributed by atoms with Crippen LogP contribution in [0.1, 0.15) is 26.7 Å². The second-order valence-electron chi connectivity index (χ2n) is 5.38. The Bertz CT molecular complexity index is 381. The molecule has 3 nitrogen and oxygen atoms in total. The Labute approximate surface area is 118 Å². The first-order chi connectivity index (χ1) is 8.65. The van der Waals surface area contributed by atoms with Crippen LogP contribution < -0.4 is 10.2 Å². The molecule has 0 radical (unpaired) electrons. The monoisotopic (exact) mass is 311 g/mol. The molecule has 0 aliphatic carbocycles. The summed E-state index contributed by atoms with van der Waals surface area (Å²) in [4.78, 5) is 6.71. The predicted molar refractivity (Wildman–Crippen MR) is 80.0 cm³/mol. The molecule has 0 saturated carbocycles. The maximum Gasteiger partial charge on any atom is 0.0564 e. The fourth-order valence-corrected chi connectivity index (χ4v) is 2.79. The molecule has 2 rings (SSSR count). The van der Waals surface area contributed by atoms with Crippen molar-refractivity contribution in [2.24, 2.45) is 5.92 Å². The fourth-order valence-electron chi connectivity index (χ4n) is 2.44. The van der Waals surface area contributed by atoms with Crippen LogP contribution in [0.25, 0.3) is 0 Å². The van der Waals surface area contributed by atoms with Crippen LogP contribution in [0, 0.1) is 5.92 Å². The van der Waals surface area contributed by atoms with E-state index in [0.717, 1.165) is 30.0 Å². The minimum absolute atomic E-state index is 0.577. The summed E-state index contributed by atoms with van der Waals surface area (Å²) in [7, 11) is 0. The summed E-state index contributed by atoms with van der Waals surface area (Å²) in [5, 5.41) is 3.55. The van der Waals surface area contributed by atoms with Crippen LogP contribution in [0.3, 0.4) is 0 Å². The van der Waals surface area contributed by atoms with Crippen LogP contribution in [0.4, 0.5) is 5.69 Å². The molecule has 0 amide bonds. The Morgan fingerprint density at radius 3 is 3.06 bits per heavy atom. The second-order valence-corrected chi connectivity index (χ2v) is 6.29. The number of nitrogens with one attached hydrogen (secondary N) is 1. The van der Waals surface area contributed by atoms with E-state index in [0.29, 0.717) is 6.04 Å². The molecule has 4 heteroatoms. The molecule has 1 aromatic rings. The number of nitrogens with zero attached hydrogens (tertiary/aromatic N) is 2. The van der Waals surface area contributed by atoms with Crippen molar-refractivity contribution in [3.05, 3.63) is 22.9 Å². The van der Waals surface area contributed by atoms with Crippen LogP contribution in [0.15, 0.2) is 22.9 Å². The molecule has 100 valence electrons. The molecule has 1 N–H and O–H groups in total. The SMILES string of the molecule is CC(C)NCC1CCCN(c2cncc(Br)c2)C1. The van der Waals surface area contributed by atoms with Gasteiger partial charge in [-0.2, -0.15) is 0 Å². The molecule has 1 atom stereocenters. The maximum absolute atomic E-state index is 4.25. The first kappa shape index (κ1) is 13.8. The van der Waals surface area contributed by atoms with Crippen molar-refractivity contribution in [1.29, 1.82) is 0 Å². The summed E-state index contributed by atoms with van der Waals surface area (Å²) in [5.74, 6) is 0.750. The van der Waals surface area contributed by atoms with E-state index in [-0.39, 0.29) is 0 Å². The highest BCUT2D eigenvalue weighted by Crippen LogP contribution is 2.24. The summed E-state index contributed by atoms with van der Waals surface area (Å²) < 4.78 is 1.06. The largest absolute Gasteiger partial charge is 0.370 e. The van der Waals surface area contributed by atoms with Crippen molar-refractivity contribution >= 4 is 21.6 Å². The number of rotatable bonds is 4. The van der Waals surface area contributed by atoms with Gasteiger partial charge in [-0.05, 0) is 47.3 Å². The molecule has 0 spiro atoms. The van der Waals surface area contributed by atoms with Gasteiger partial charge in [-0.1, -0.05) is 13.8 Å². The highest BCUT2D eigenvalue weighted by molar-refractivity contribution is 9.10. The van der Waals surface area contributed by atoms with Gasteiger partial charge in [-0.3, -0.25) is 4.98 Å². The molecule has 0 aromatic carbocycles. The van der Waals surface area contributed by atoms with Gasteiger partial charge in [0.2, 0.25) is 0 Å². The van der Waals surface area contributed by atoms with E-state index in [9.17, 15) is 0 Å². The quantitative estimate of drug-likeness (QED) is 0.926. The predicted octanol–water partition coefficient (Wildman–Crippen LogP) is 3.06. The minimum atomic E-state index is 0.577. The summed E-state index contributed by atoms with van der Waals surface area (Å²) in [5.41, 5.74) is 1.23. The topological polar surface area (TPSA) is 28.2 Å². The van der Waals surface area contributed by atoms with Crippen LogP contribution in [0.5, 0.6) is 0 Å². The highest BCUT2D eigenvalue weighted by atomic mass is 79.9. The molecule has 1 aliphatic rings. The number of pyridine rings is 1. The Morgan fingerprint density at radius 2 is 2.33 bits per heavy atom. The van der Waals surface area contributed by atoms with Gasteiger partial charge in [0.15, 0.2) is 0 Å². The number of hydrogen-bond donors (Lipinski definition) is 1. The number of anilines is 1. The molecular weight excluding hydrogens is 290 g/mol. The normalized spacial score (nSPS) is 20.4. The summed E-state index contributed by atoms with van der Waals surface area (Å²) in [6, 6.07) is 2.73. The first-order valence-electron chi connectivity index (χ1n) is 6.74. The third-order valence-corrected chi connectivity index (χ3v) is 3.82. The van der Waals surface area contributed by atoms with Gasteiger partial charge < -0.3 is 10.2 Å². The number of aromatic nitrogens is 1. The van der Waals surface area contributed by atoms with Gasteiger partial charge in [0, 0.05) is 29.8 Å². The molecule has 2 heterocycles. The van der Waals surface area contributed by atoms with Gasteiger partial charge in [-0.15, -0.1) is 0 Å². The van der Waals surface area contributed by atoms with Crippen LogP contribution in [-0.2, 0) is 0 Å². The minimum Gasteiger partial charge on any atom is -0.370 e. The van der Waals surface area contributed by atoms with Crippen LogP contribution in [0.2, 0.25) is 0 Å². The zero-order chi connectivity index (χ0) is 13.0. The third kappa shape index (κ3) is 3.95. The summed E-state index contributed by atoms with van der Waals surface area (Å²) in [6.07, 6.45) is 6.41. The fraction of sp³-hybridized carbons (Fsp3) is 0.643. The van der Waals surface area contributed by atoms with Crippen molar-refractivity contribution in [2.75, 3.05) is 24.5 Å². The van der Waals surface area contributed by atoms with Crippen LogP contribution in [-0.4, -0.2) is 30.7 Å². The lowest BCUT2D eigenvalue weighted by molar-refractivity contribution is 0.379. The molecule has 1 fully saturated rings. The van der Waals surface area contributed by atoms with Crippen molar-refractivity contribution in [1.82, 2.24) is 10.3 Å². The molecule has 18 heavy (non-hydrogen) atoms. The zero-order valence-electron chi connectivity index (χ0n) is 11.2. The van der Waals surface area contributed by atoms with Gasteiger partial charge in [-0.25, -0.2) is 0 Å². The Morgan fingerprint density at radius 1 is 1.50 bits per heavy atom. The molecule has 1 aromatic heterocycles. The van der Waals surface area contributed by atoms with E-state index in [2.05, 4.69) is 51.0 Å². The third-order valence-electron chi connectivity index (χ3n) is 3.39. The van der Waals surface area contributed by atoms with E-state index in [1.54, 1.807) is 0 Å². The molecule has 1 aliphatic heterocycles. The van der Waals surface area contributed by atoms with Gasteiger partial charge in [0.1, 0.15) is 0 Å². The van der Waals surface area contributed by atoms with Crippen molar-refractivity contribution in [3.63, 3.8) is 0 Å². The number of halogens is 1. The number of hydrogen-bond acceptors (Lipinski definition) is 3. The Kier molecular flexibility index (Phi) is 5.01. The van der Waals surface area contributed by atoms with Crippen molar-refractivity contribution in [2.45, 2.75) is 32.7 Å². The average Bonchev–Trinajstić information content (AvgIpc) is 2.37. The van der Waals surface area contributed by atoms with E-state index in [4.69, 9.17) is 0 Å². The molecule has 1 unspecified atom stereocenters. The maximum atomic E-state index is 4.25. The second kappa shape index (κ2) is 6.53. The van der Waals surface area contributed by atoms with E-state index >= 15 is 0 Å². The van der Waals surface area contributed by atoms with Crippen LogP contribution >= 0.6 is 15.9 Å². The Hall–Kier alpha value is -0.610. The zero-order valence-corrected chi connectivity index (χ0v) is 12.8. The highest BCUT2D eigenvalue weighted by Gasteiger charge is 2.20. The standard InChI is InChI=1S/C14H22BrN3/c1-11(2)17-7-12-4-3-5-18(10-12)14-6-13(15)8-16-9-14/h6,8-9,11-12,17H,3-5,7,10H2,1-2H3. The van der Waals surface area contributed by atoms with E-state index < -0.39 is 0 Å². The molecule has 1 saturated heterocycles. The van der Waals surface area contributed by atoms with E-state index in [1.165, 1.54) is 18.5 Å². The summed E-state index contributed by atoms with van der Waals surface area (Å²) >= 11 is 3.49. The Balaban J connectivity index is 1.94. The summed E-state index contributed by atoms with van der Waals surface area (Å²) in [6.45, 7) is 7.82. The molecular formula is C14H22BrN3. The lowest BCUT2D eigenvalue weighted by Gasteiger charge is -2.34. The first-order valence-corrected chi connectivity index (χ1v) is 7.53. The van der Waals surface area contributed by atoms with Crippen molar-refractivity contribution < 1.29 is 0 Å². The molecule has 0 bridgehead atoms. The van der Waals surface area contributed by atoms with Gasteiger partial charge in [0.05, 0.1) is 11.9 Å². The van der Waals surface area contributed by atoms with Gasteiger partial charge >= 0.3 is 0 Å². The van der Waals surface area contributed by atoms with E-state index in [1.807, 2.05) is 12.4 Å². The van der Waals surface area contributed by atoms with Crippen molar-refractivity contribution in [3.8, 4) is 0 Å². The lowest BCUT2D eigenvalue weighted by Crippen LogP contribution is -2.41. The van der Waals surface area contributed by atoms with Gasteiger partial charge in [0.25, 0.3) is 0 Å². The average molecular weight is 312 g/mol. The lowest BCUT2D eigenvalue weighted by atomic mass is 9.97. The number of piperidine rings is 1.